The van der Waals surface area contributed by atoms with Crippen molar-refractivity contribution in [2.75, 3.05) is 6.54 Å². The van der Waals surface area contributed by atoms with Crippen LogP contribution in [0, 0.1) is 5.92 Å². The monoisotopic (exact) mass is 224 g/mol. The summed E-state index contributed by atoms with van der Waals surface area (Å²) in [6.07, 6.45) is 8.84. The largest absolute Gasteiger partial charge is 0.352 e. The van der Waals surface area contributed by atoms with Crippen LogP contribution in [0.5, 0.6) is 0 Å². The maximum absolute atomic E-state index is 11.7. The van der Waals surface area contributed by atoms with Gasteiger partial charge in [0, 0.05) is 12.1 Å². The van der Waals surface area contributed by atoms with Crippen LogP contribution in [-0.4, -0.2) is 24.5 Å². The fourth-order valence-electron chi connectivity index (χ4n) is 2.49. The summed E-state index contributed by atoms with van der Waals surface area (Å²) in [6.45, 7) is 2.78. The van der Waals surface area contributed by atoms with Crippen LogP contribution in [0.3, 0.4) is 0 Å². The summed E-state index contributed by atoms with van der Waals surface area (Å²) in [5.41, 5.74) is 0. The Kier molecular flexibility index (Phi) is 4.22. The summed E-state index contributed by atoms with van der Waals surface area (Å²) in [4.78, 5) is 11.7. The highest BCUT2D eigenvalue weighted by Crippen LogP contribution is 2.23. The van der Waals surface area contributed by atoms with Crippen LogP contribution >= 0.6 is 0 Å². The van der Waals surface area contributed by atoms with Gasteiger partial charge in [-0.05, 0) is 31.6 Å². The molecule has 3 heteroatoms. The molecule has 2 aliphatic rings. The Bertz CT molecular complexity index is 238. The predicted octanol–water partition coefficient (Wildman–Crippen LogP) is 1.82. The fourth-order valence-corrected chi connectivity index (χ4v) is 2.49. The zero-order chi connectivity index (χ0) is 11.4. The Morgan fingerprint density at radius 2 is 1.88 bits per heavy atom. The molecule has 92 valence electrons. The normalized spacial score (nSPS) is 30.8. The van der Waals surface area contributed by atoms with E-state index in [1.807, 2.05) is 0 Å². The van der Waals surface area contributed by atoms with E-state index in [0.717, 1.165) is 6.42 Å². The zero-order valence-electron chi connectivity index (χ0n) is 10.3. The van der Waals surface area contributed by atoms with Crippen molar-refractivity contribution in [3.63, 3.8) is 0 Å². The average molecular weight is 224 g/mol. The predicted molar refractivity (Wildman–Crippen MR) is 65.2 cm³/mol. The molecular weight excluding hydrogens is 200 g/mol. The molecule has 2 saturated carbocycles. The Hall–Kier alpha value is -0.570. The Morgan fingerprint density at radius 1 is 1.12 bits per heavy atom. The van der Waals surface area contributed by atoms with E-state index in [0.29, 0.717) is 24.5 Å². The summed E-state index contributed by atoms with van der Waals surface area (Å²) in [6, 6.07) is 1.04. The molecule has 2 rings (SSSR count). The van der Waals surface area contributed by atoms with Gasteiger partial charge in [-0.15, -0.1) is 0 Å². The molecular formula is C13H24N2O. The van der Waals surface area contributed by atoms with E-state index in [1.165, 1.54) is 38.5 Å². The minimum atomic E-state index is 0.186. The van der Waals surface area contributed by atoms with E-state index >= 15 is 0 Å². The van der Waals surface area contributed by atoms with Crippen LogP contribution in [-0.2, 0) is 4.79 Å². The van der Waals surface area contributed by atoms with Gasteiger partial charge in [-0.1, -0.05) is 26.2 Å². The molecule has 2 N–H and O–H groups in total. The third kappa shape index (κ3) is 3.78. The number of carbonyl (C=O) groups excluding carboxylic acids is 1. The first-order chi connectivity index (χ1) is 7.75. The highest BCUT2D eigenvalue weighted by molar-refractivity contribution is 5.78. The van der Waals surface area contributed by atoms with Crippen molar-refractivity contribution in [3.8, 4) is 0 Å². The first-order valence-corrected chi connectivity index (χ1v) is 6.78. The van der Waals surface area contributed by atoms with E-state index in [9.17, 15) is 4.79 Å². The summed E-state index contributed by atoms with van der Waals surface area (Å²) >= 11 is 0. The second kappa shape index (κ2) is 5.67. The Labute approximate surface area is 98.4 Å². The molecule has 0 aromatic heterocycles. The van der Waals surface area contributed by atoms with Gasteiger partial charge in [0.2, 0.25) is 5.91 Å². The van der Waals surface area contributed by atoms with E-state index in [-0.39, 0.29) is 5.91 Å². The van der Waals surface area contributed by atoms with Crippen molar-refractivity contribution in [2.24, 2.45) is 5.92 Å². The summed E-state index contributed by atoms with van der Waals surface area (Å²) in [5.74, 6) is 0.832. The maximum atomic E-state index is 11.7. The smallest absolute Gasteiger partial charge is 0.234 e. The van der Waals surface area contributed by atoms with Crippen molar-refractivity contribution in [1.82, 2.24) is 10.6 Å². The van der Waals surface area contributed by atoms with E-state index in [2.05, 4.69) is 17.6 Å². The zero-order valence-corrected chi connectivity index (χ0v) is 10.3. The molecule has 0 aromatic rings. The third-order valence-electron chi connectivity index (χ3n) is 3.84. The van der Waals surface area contributed by atoms with Crippen LogP contribution < -0.4 is 10.6 Å². The maximum Gasteiger partial charge on any atom is 0.234 e. The van der Waals surface area contributed by atoms with Crippen LogP contribution in [0.4, 0.5) is 0 Å². The minimum absolute atomic E-state index is 0.186. The van der Waals surface area contributed by atoms with Crippen molar-refractivity contribution in [2.45, 2.75) is 64.0 Å². The summed E-state index contributed by atoms with van der Waals surface area (Å²) in [7, 11) is 0. The molecule has 2 fully saturated rings. The average Bonchev–Trinajstić information content (AvgIpc) is 3.07. The van der Waals surface area contributed by atoms with Crippen LogP contribution in [0.15, 0.2) is 0 Å². The van der Waals surface area contributed by atoms with Gasteiger partial charge in [-0.25, -0.2) is 0 Å². The molecule has 1 amide bonds. The van der Waals surface area contributed by atoms with E-state index in [4.69, 9.17) is 0 Å². The van der Waals surface area contributed by atoms with Gasteiger partial charge < -0.3 is 10.6 Å². The number of amides is 1. The molecule has 2 atom stereocenters. The van der Waals surface area contributed by atoms with Crippen LogP contribution in [0.1, 0.15) is 51.9 Å². The van der Waals surface area contributed by atoms with Crippen molar-refractivity contribution in [1.29, 1.82) is 0 Å². The number of carbonyl (C=O) groups is 1. The first kappa shape index (κ1) is 11.9. The van der Waals surface area contributed by atoms with Gasteiger partial charge in [0.05, 0.1) is 6.54 Å². The molecule has 2 aliphatic carbocycles. The Morgan fingerprint density at radius 3 is 2.62 bits per heavy atom. The molecule has 0 heterocycles. The minimum Gasteiger partial charge on any atom is -0.352 e. The second-order valence-electron chi connectivity index (χ2n) is 5.44. The van der Waals surface area contributed by atoms with Gasteiger partial charge in [0.15, 0.2) is 0 Å². The molecule has 0 aliphatic heterocycles. The fraction of sp³-hybridized carbons (Fsp3) is 0.923. The molecule has 2 unspecified atom stereocenters. The van der Waals surface area contributed by atoms with Crippen LogP contribution in [0.2, 0.25) is 0 Å². The van der Waals surface area contributed by atoms with Crippen molar-refractivity contribution < 1.29 is 4.79 Å². The third-order valence-corrected chi connectivity index (χ3v) is 3.84. The molecule has 0 spiro atoms. The lowest BCUT2D eigenvalue weighted by molar-refractivity contribution is -0.121. The van der Waals surface area contributed by atoms with Gasteiger partial charge in [0.1, 0.15) is 0 Å². The summed E-state index contributed by atoms with van der Waals surface area (Å²) in [5, 5.41) is 6.45. The number of rotatable bonds is 4. The highest BCUT2D eigenvalue weighted by atomic mass is 16.2. The molecule has 3 nitrogen and oxygen atoms in total. The number of nitrogens with one attached hydrogen (secondary N) is 2. The van der Waals surface area contributed by atoms with E-state index < -0.39 is 0 Å². The van der Waals surface area contributed by atoms with Gasteiger partial charge in [0.25, 0.3) is 0 Å². The van der Waals surface area contributed by atoms with Crippen molar-refractivity contribution in [3.05, 3.63) is 0 Å². The highest BCUT2D eigenvalue weighted by Gasteiger charge is 2.24. The quantitative estimate of drug-likeness (QED) is 0.715. The number of hydrogen-bond acceptors (Lipinski definition) is 2. The summed E-state index contributed by atoms with van der Waals surface area (Å²) < 4.78 is 0. The standard InChI is InChI=1S/C13H24N2O/c1-10-5-3-2-4-6-12(10)15-13(16)9-14-11-7-8-11/h10-12,14H,2-9H2,1H3,(H,15,16). The lowest BCUT2D eigenvalue weighted by Crippen LogP contribution is -2.43. The first-order valence-electron chi connectivity index (χ1n) is 6.78. The second-order valence-corrected chi connectivity index (χ2v) is 5.44. The SMILES string of the molecule is CC1CCCCCC1NC(=O)CNC1CC1. The Balaban J connectivity index is 1.70. The van der Waals surface area contributed by atoms with Crippen LogP contribution in [0.25, 0.3) is 0 Å². The lowest BCUT2D eigenvalue weighted by Gasteiger charge is -2.22. The van der Waals surface area contributed by atoms with Crippen molar-refractivity contribution >= 4 is 5.91 Å². The molecule has 0 aromatic carbocycles. The molecule has 0 bridgehead atoms. The lowest BCUT2D eigenvalue weighted by atomic mass is 9.97. The molecule has 0 radical (unpaired) electrons. The van der Waals surface area contributed by atoms with Gasteiger partial charge in [-0.2, -0.15) is 0 Å². The van der Waals surface area contributed by atoms with Gasteiger partial charge in [-0.3, -0.25) is 4.79 Å². The molecule has 0 saturated heterocycles. The van der Waals surface area contributed by atoms with E-state index in [1.54, 1.807) is 0 Å². The molecule has 16 heavy (non-hydrogen) atoms. The number of hydrogen-bond donors (Lipinski definition) is 2. The topological polar surface area (TPSA) is 41.1 Å². The van der Waals surface area contributed by atoms with Gasteiger partial charge >= 0.3 is 0 Å².